The number of benzene rings is 1. The van der Waals surface area contributed by atoms with Crippen LogP contribution in [0.25, 0.3) is 0 Å². The number of rotatable bonds is 9. The van der Waals surface area contributed by atoms with Gasteiger partial charge in [0, 0.05) is 25.3 Å². The third kappa shape index (κ3) is 6.51. The van der Waals surface area contributed by atoms with Crippen LogP contribution in [0.2, 0.25) is 0 Å². The molecule has 2 aromatic rings. The summed E-state index contributed by atoms with van der Waals surface area (Å²) in [7, 11) is 0. The number of hydrogen-bond acceptors (Lipinski definition) is 5. The second kappa shape index (κ2) is 9.85. The van der Waals surface area contributed by atoms with Crippen molar-refractivity contribution in [3.8, 4) is 0 Å². The average molecular weight is 372 g/mol. The normalized spacial score (nSPS) is 11.0. The van der Waals surface area contributed by atoms with Crippen molar-refractivity contribution in [2.24, 2.45) is 5.92 Å². The Morgan fingerprint density at radius 3 is 2.56 bits per heavy atom. The lowest BCUT2D eigenvalue weighted by Gasteiger charge is -2.12. The van der Waals surface area contributed by atoms with Crippen molar-refractivity contribution in [3.63, 3.8) is 0 Å². The first kappa shape index (κ1) is 20.6. The zero-order valence-corrected chi connectivity index (χ0v) is 16.4. The van der Waals surface area contributed by atoms with Gasteiger partial charge in [0.05, 0.1) is 11.3 Å². The molecule has 7 heteroatoms. The molecule has 0 bridgehead atoms. The molecule has 0 fully saturated rings. The van der Waals surface area contributed by atoms with Gasteiger partial charge in [0.2, 0.25) is 11.8 Å². The Labute approximate surface area is 159 Å². The molecule has 1 aromatic heterocycles. The van der Waals surface area contributed by atoms with Crippen LogP contribution in [0.5, 0.6) is 0 Å². The molecule has 0 aliphatic rings. The van der Waals surface area contributed by atoms with Gasteiger partial charge >= 0.3 is 0 Å². The highest BCUT2D eigenvalue weighted by atomic mass is 16.5. The molecule has 0 aliphatic carbocycles. The zero-order valence-electron chi connectivity index (χ0n) is 16.4. The molecule has 146 valence electrons. The summed E-state index contributed by atoms with van der Waals surface area (Å²) >= 11 is 0. The molecule has 0 aliphatic heterocycles. The first-order valence-corrected chi connectivity index (χ1v) is 9.36. The van der Waals surface area contributed by atoms with Gasteiger partial charge in [0.25, 0.3) is 5.91 Å². The summed E-state index contributed by atoms with van der Waals surface area (Å²) in [6.07, 6.45) is 1.44. The lowest BCUT2D eigenvalue weighted by atomic mass is 10.1. The highest BCUT2D eigenvalue weighted by Gasteiger charge is 2.14. The molecular weight excluding hydrogens is 344 g/mol. The second-order valence-electron chi connectivity index (χ2n) is 7.25. The Hall–Kier alpha value is -2.70. The largest absolute Gasteiger partial charge is 0.352 e. The van der Waals surface area contributed by atoms with Crippen LogP contribution in [0.1, 0.15) is 68.5 Å². The molecule has 0 saturated carbocycles. The van der Waals surface area contributed by atoms with E-state index >= 15 is 0 Å². The fourth-order valence-corrected chi connectivity index (χ4v) is 2.40. The maximum Gasteiger partial charge on any atom is 0.253 e. The van der Waals surface area contributed by atoms with Gasteiger partial charge in [0.15, 0.2) is 5.82 Å². The Morgan fingerprint density at radius 1 is 1.15 bits per heavy atom. The van der Waals surface area contributed by atoms with Crippen LogP contribution in [-0.4, -0.2) is 28.5 Å². The fourth-order valence-electron chi connectivity index (χ4n) is 2.40. The Bertz CT molecular complexity index is 768. The Morgan fingerprint density at radius 2 is 1.89 bits per heavy atom. The van der Waals surface area contributed by atoms with Gasteiger partial charge in [-0.1, -0.05) is 45.0 Å². The molecule has 0 unspecified atom stereocenters. The summed E-state index contributed by atoms with van der Waals surface area (Å²) in [6, 6.07) is 7.01. The van der Waals surface area contributed by atoms with E-state index in [1.165, 1.54) is 0 Å². The standard InChI is InChI=1S/C20H28N4O3/c1-13(2)12-21-20(26)15-8-5-6-9-16(15)22-17(25)10-7-11-18-23-19(14(3)4)24-27-18/h5-6,8-9,13-14H,7,10-12H2,1-4H3,(H,21,26)(H,22,25). The summed E-state index contributed by atoms with van der Waals surface area (Å²) in [6.45, 7) is 8.64. The van der Waals surface area contributed by atoms with Gasteiger partial charge < -0.3 is 15.2 Å². The van der Waals surface area contributed by atoms with E-state index in [2.05, 4.69) is 20.8 Å². The number of amides is 2. The molecule has 2 rings (SSSR count). The number of aromatic nitrogens is 2. The van der Waals surface area contributed by atoms with Crippen molar-refractivity contribution in [3.05, 3.63) is 41.5 Å². The minimum Gasteiger partial charge on any atom is -0.352 e. The summed E-state index contributed by atoms with van der Waals surface area (Å²) in [5.74, 6) is 1.45. The lowest BCUT2D eigenvalue weighted by Crippen LogP contribution is -2.28. The predicted octanol–water partition coefficient (Wildman–Crippen LogP) is 3.54. The highest BCUT2D eigenvalue weighted by Crippen LogP contribution is 2.16. The van der Waals surface area contributed by atoms with Crippen LogP contribution in [0.4, 0.5) is 5.69 Å². The summed E-state index contributed by atoms with van der Waals surface area (Å²) in [5, 5.41) is 9.60. The number of anilines is 1. The third-order valence-corrected chi connectivity index (χ3v) is 3.91. The van der Waals surface area contributed by atoms with Gasteiger partial charge in [0.1, 0.15) is 0 Å². The molecule has 0 atom stereocenters. The molecule has 7 nitrogen and oxygen atoms in total. The van der Waals surface area contributed by atoms with Crippen molar-refractivity contribution < 1.29 is 14.1 Å². The van der Waals surface area contributed by atoms with E-state index < -0.39 is 0 Å². The van der Waals surface area contributed by atoms with Gasteiger partial charge in [-0.05, 0) is 24.5 Å². The third-order valence-electron chi connectivity index (χ3n) is 3.91. The van der Waals surface area contributed by atoms with Crippen LogP contribution < -0.4 is 10.6 Å². The van der Waals surface area contributed by atoms with E-state index in [0.29, 0.717) is 54.7 Å². The molecule has 2 amide bonds. The maximum atomic E-state index is 12.3. The number of aryl methyl sites for hydroxylation is 1. The SMILES string of the molecule is CC(C)CNC(=O)c1ccccc1NC(=O)CCCc1nc(C(C)C)no1. The Balaban J connectivity index is 1.87. The van der Waals surface area contributed by atoms with Gasteiger partial charge in [-0.3, -0.25) is 9.59 Å². The minimum absolute atomic E-state index is 0.150. The van der Waals surface area contributed by atoms with E-state index in [0.717, 1.165) is 0 Å². The van der Waals surface area contributed by atoms with E-state index in [9.17, 15) is 9.59 Å². The van der Waals surface area contributed by atoms with E-state index in [4.69, 9.17) is 4.52 Å². The molecule has 1 heterocycles. The zero-order chi connectivity index (χ0) is 19.8. The van der Waals surface area contributed by atoms with Crippen molar-refractivity contribution in [2.75, 3.05) is 11.9 Å². The van der Waals surface area contributed by atoms with Gasteiger partial charge in [-0.15, -0.1) is 0 Å². The van der Waals surface area contributed by atoms with Crippen molar-refractivity contribution in [2.45, 2.75) is 52.9 Å². The number of para-hydroxylation sites is 1. The second-order valence-corrected chi connectivity index (χ2v) is 7.25. The number of hydrogen-bond donors (Lipinski definition) is 2. The molecule has 0 saturated heterocycles. The fraction of sp³-hybridized carbons (Fsp3) is 0.500. The monoisotopic (exact) mass is 372 g/mol. The van der Waals surface area contributed by atoms with E-state index in [-0.39, 0.29) is 17.7 Å². The van der Waals surface area contributed by atoms with Crippen LogP contribution in [0, 0.1) is 5.92 Å². The van der Waals surface area contributed by atoms with Crippen LogP contribution >= 0.6 is 0 Å². The van der Waals surface area contributed by atoms with Crippen LogP contribution in [-0.2, 0) is 11.2 Å². The van der Waals surface area contributed by atoms with E-state index in [1.807, 2.05) is 27.7 Å². The van der Waals surface area contributed by atoms with Crippen molar-refractivity contribution in [1.82, 2.24) is 15.5 Å². The van der Waals surface area contributed by atoms with Crippen molar-refractivity contribution >= 4 is 17.5 Å². The highest BCUT2D eigenvalue weighted by molar-refractivity contribution is 6.03. The van der Waals surface area contributed by atoms with E-state index in [1.54, 1.807) is 24.3 Å². The molecule has 1 aromatic carbocycles. The topological polar surface area (TPSA) is 97.1 Å². The number of nitrogens with zero attached hydrogens (tertiary/aromatic N) is 2. The van der Waals surface area contributed by atoms with Crippen LogP contribution in [0.3, 0.4) is 0 Å². The summed E-state index contributed by atoms with van der Waals surface area (Å²) < 4.78 is 5.18. The van der Waals surface area contributed by atoms with Gasteiger partial charge in [-0.2, -0.15) is 4.98 Å². The number of carbonyl (C=O) groups excluding carboxylic acids is 2. The maximum absolute atomic E-state index is 12.3. The first-order chi connectivity index (χ1) is 12.9. The summed E-state index contributed by atoms with van der Waals surface area (Å²) in [5.41, 5.74) is 0.980. The first-order valence-electron chi connectivity index (χ1n) is 9.36. The van der Waals surface area contributed by atoms with Crippen LogP contribution in [0.15, 0.2) is 28.8 Å². The van der Waals surface area contributed by atoms with Gasteiger partial charge in [-0.25, -0.2) is 0 Å². The number of carbonyl (C=O) groups is 2. The Kier molecular flexibility index (Phi) is 7.52. The lowest BCUT2D eigenvalue weighted by molar-refractivity contribution is -0.116. The molecular formula is C20H28N4O3. The number of nitrogens with one attached hydrogen (secondary N) is 2. The smallest absolute Gasteiger partial charge is 0.253 e. The van der Waals surface area contributed by atoms with Crippen molar-refractivity contribution in [1.29, 1.82) is 0 Å². The predicted molar refractivity (Wildman–Crippen MR) is 104 cm³/mol. The average Bonchev–Trinajstić information content (AvgIpc) is 3.09. The minimum atomic E-state index is -0.188. The quantitative estimate of drug-likeness (QED) is 0.702. The molecule has 2 N–H and O–H groups in total. The molecule has 0 spiro atoms. The molecule has 0 radical (unpaired) electrons. The summed E-state index contributed by atoms with van der Waals surface area (Å²) in [4.78, 5) is 28.9. The molecule has 27 heavy (non-hydrogen) atoms.